The molecule has 0 saturated carbocycles. The Kier molecular flexibility index (Phi) is 6.15. The van der Waals surface area contributed by atoms with Crippen molar-refractivity contribution in [2.75, 3.05) is 6.61 Å². The molecule has 0 spiro atoms. The normalized spacial score (nSPS) is 11.8. The van der Waals surface area contributed by atoms with Crippen molar-refractivity contribution in [3.05, 3.63) is 59.9 Å². The smallest absolute Gasteiger partial charge is 0.261 e. The summed E-state index contributed by atoms with van der Waals surface area (Å²) in [5, 5.41) is 0. The van der Waals surface area contributed by atoms with Crippen LogP contribution < -0.4 is 4.74 Å². The molecule has 0 radical (unpaired) electrons. The Morgan fingerprint density at radius 1 is 1.22 bits per heavy atom. The van der Waals surface area contributed by atoms with Gasteiger partial charge in [-0.25, -0.2) is 0 Å². The highest BCUT2D eigenvalue weighted by molar-refractivity contribution is 5.78. The van der Waals surface area contributed by atoms with Crippen LogP contribution in [-0.2, 0) is 11.3 Å². The van der Waals surface area contributed by atoms with Crippen molar-refractivity contribution in [3.8, 4) is 5.75 Å². The Hall–Kier alpha value is -2.36. The SMILES string of the molecule is CCC(C)N(Cc1ccncc1)C(=O)COc1ccccc1C. The number of nitrogens with zero attached hydrogens (tertiary/aromatic N) is 2. The van der Waals surface area contributed by atoms with E-state index in [1.165, 1.54) is 0 Å². The first-order chi connectivity index (χ1) is 11.1. The molecule has 0 saturated heterocycles. The zero-order chi connectivity index (χ0) is 16.7. The van der Waals surface area contributed by atoms with Crippen molar-refractivity contribution in [1.29, 1.82) is 0 Å². The van der Waals surface area contributed by atoms with Crippen molar-refractivity contribution in [3.63, 3.8) is 0 Å². The minimum absolute atomic E-state index is 0.000541. The molecule has 1 aromatic carbocycles. The lowest BCUT2D eigenvalue weighted by Crippen LogP contribution is -2.40. The van der Waals surface area contributed by atoms with Crippen molar-refractivity contribution >= 4 is 5.91 Å². The van der Waals surface area contributed by atoms with Crippen LogP contribution >= 0.6 is 0 Å². The maximum absolute atomic E-state index is 12.6. The summed E-state index contributed by atoms with van der Waals surface area (Å²) in [6.07, 6.45) is 4.40. The van der Waals surface area contributed by atoms with E-state index >= 15 is 0 Å². The van der Waals surface area contributed by atoms with E-state index in [0.29, 0.717) is 6.54 Å². The zero-order valence-corrected chi connectivity index (χ0v) is 14.0. The highest BCUT2D eigenvalue weighted by atomic mass is 16.5. The van der Waals surface area contributed by atoms with Gasteiger partial charge in [-0.15, -0.1) is 0 Å². The fourth-order valence-electron chi connectivity index (χ4n) is 2.34. The highest BCUT2D eigenvalue weighted by Crippen LogP contribution is 2.17. The van der Waals surface area contributed by atoms with Gasteiger partial charge in [0.25, 0.3) is 5.91 Å². The van der Waals surface area contributed by atoms with Crippen LogP contribution in [0, 0.1) is 6.92 Å². The minimum Gasteiger partial charge on any atom is -0.484 e. The molecule has 23 heavy (non-hydrogen) atoms. The molecule has 0 aliphatic carbocycles. The maximum Gasteiger partial charge on any atom is 0.261 e. The molecule has 2 rings (SSSR count). The molecule has 1 atom stereocenters. The third-order valence-electron chi connectivity index (χ3n) is 3.99. The molecule has 0 aliphatic rings. The number of para-hydroxylation sites is 1. The third-order valence-corrected chi connectivity index (χ3v) is 3.99. The summed E-state index contributed by atoms with van der Waals surface area (Å²) in [6, 6.07) is 11.8. The van der Waals surface area contributed by atoms with Gasteiger partial charge in [-0.3, -0.25) is 9.78 Å². The van der Waals surface area contributed by atoms with Gasteiger partial charge in [0.2, 0.25) is 0 Å². The predicted octanol–water partition coefficient (Wildman–Crippen LogP) is 3.60. The van der Waals surface area contributed by atoms with Gasteiger partial charge in [0, 0.05) is 25.0 Å². The lowest BCUT2D eigenvalue weighted by Gasteiger charge is -2.28. The monoisotopic (exact) mass is 312 g/mol. The standard InChI is InChI=1S/C19H24N2O2/c1-4-16(3)21(13-17-9-11-20-12-10-17)19(22)14-23-18-8-6-5-7-15(18)2/h5-12,16H,4,13-14H2,1-3H3. The van der Waals surface area contributed by atoms with Crippen LogP contribution in [0.5, 0.6) is 5.75 Å². The molecule has 1 aromatic heterocycles. The number of aryl methyl sites for hydroxylation is 1. The van der Waals surface area contributed by atoms with Crippen molar-refractivity contribution in [1.82, 2.24) is 9.88 Å². The van der Waals surface area contributed by atoms with E-state index < -0.39 is 0 Å². The summed E-state index contributed by atoms with van der Waals surface area (Å²) in [4.78, 5) is 18.5. The summed E-state index contributed by atoms with van der Waals surface area (Å²) >= 11 is 0. The molecule has 4 heteroatoms. The molecule has 122 valence electrons. The van der Waals surface area contributed by atoms with Gasteiger partial charge < -0.3 is 9.64 Å². The molecule has 1 unspecified atom stereocenters. The Balaban J connectivity index is 2.03. The lowest BCUT2D eigenvalue weighted by molar-refractivity contribution is -0.136. The van der Waals surface area contributed by atoms with Crippen LogP contribution in [0.4, 0.5) is 0 Å². The molecule has 1 heterocycles. The number of ether oxygens (including phenoxy) is 1. The topological polar surface area (TPSA) is 42.4 Å². The number of pyridine rings is 1. The van der Waals surface area contributed by atoms with Gasteiger partial charge in [-0.05, 0) is 49.6 Å². The van der Waals surface area contributed by atoms with E-state index in [2.05, 4.69) is 18.8 Å². The first-order valence-electron chi connectivity index (χ1n) is 7.98. The number of benzene rings is 1. The van der Waals surface area contributed by atoms with Gasteiger partial charge >= 0.3 is 0 Å². The summed E-state index contributed by atoms with van der Waals surface area (Å²) < 4.78 is 5.71. The number of hydrogen-bond acceptors (Lipinski definition) is 3. The summed E-state index contributed by atoms with van der Waals surface area (Å²) in [7, 11) is 0. The van der Waals surface area contributed by atoms with E-state index in [-0.39, 0.29) is 18.6 Å². The van der Waals surface area contributed by atoms with Gasteiger partial charge in [-0.1, -0.05) is 25.1 Å². The van der Waals surface area contributed by atoms with Crippen molar-refractivity contribution in [2.45, 2.75) is 39.8 Å². The number of rotatable bonds is 7. The number of carbonyl (C=O) groups is 1. The van der Waals surface area contributed by atoms with Crippen molar-refractivity contribution in [2.24, 2.45) is 0 Å². The molecular formula is C19H24N2O2. The zero-order valence-electron chi connectivity index (χ0n) is 14.0. The maximum atomic E-state index is 12.6. The fourth-order valence-corrected chi connectivity index (χ4v) is 2.34. The van der Waals surface area contributed by atoms with Gasteiger partial charge in [0.15, 0.2) is 6.61 Å². The minimum atomic E-state index is -0.000541. The summed E-state index contributed by atoms with van der Waals surface area (Å²) in [5.41, 5.74) is 2.11. The Morgan fingerprint density at radius 3 is 2.57 bits per heavy atom. The van der Waals surface area contributed by atoms with E-state index in [1.54, 1.807) is 12.4 Å². The first-order valence-corrected chi connectivity index (χ1v) is 7.98. The number of hydrogen-bond donors (Lipinski definition) is 0. The molecule has 1 amide bonds. The number of aromatic nitrogens is 1. The highest BCUT2D eigenvalue weighted by Gasteiger charge is 2.20. The third kappa shape index (κ3) is 4.81. The molecule has 0 bridgehead atoms. The fraction of sp³-hybridized carbons (Fsp3) is 0.368. The van der Waals surface area contributed by atoms with Crippen molar-refractivity contribution < 1.29 is 9.53 Å². The Labute approximate surface area is 138 Å². The molecule has 2 aromatic rings. The summed E-state index contributed by atoms with van der Waals surface area (Å²) in [5.74, 6) is 0.758. The van der Waals surface area contributed by atoms with Gasteiger partial charge in [0.1, 0.15) is 5.75 Å². The van der Waals surface area contributed by atoms with E-state index in [0.717, 1.165) is 23.3 Å². The molecule has 0 fully saturated rings. The second-order valence-electron chi connectivity index (χ2n) is 5.69. The quantitative estimate of drug-likeness (QED) is 0.784. The summed E-state index contributed by atoms with van der Waals surface area (Å²) in [6.45, 7) is 6.75. The van der Waals surface area contributed by atoms with Crippen LogP contribution in [0.25, 0.3) is 0 Å². The van der Waals surface area contributed by atoms with E-state index in [4.69, 9.17) is 4.74 Å². The average Bonchev–Trinajstić information content (AvgIpc) is 2.59. The Bertz CT molecular complexity index is 628. The predicted molar refractivity (Wildman–Crippen MR) is 91.2 cm³/mol. The first kappa shape index (κ1) is 17.0. The average molecular weight is 312 g/mol. The van der Waals surface area contributed by atoms with Crippen LogP contribution in [0.3, 0.4) is 0 Å². The van der Waals surface area contributed by atoms with Gasteiger partial charge in [0.05, 0.1) is 0 Å². The van der Waals surface area contributed by atoms with E-state index in [9.17, 15) is 4.79 Å². The Morgan fingerprint density at radius 2 is 1.91 bits per heavy atom. The van der Waals surface area contributed by atoms with Crippen LogP contribution in [0.1, 0.15) is 31.4 Å². The second kappa shape index (κ2) is 8.32. The molecule has 0 aliphatic heterocycles. The molecule has 4 nitrogen and oxygen atoms in total. The largest absolute Gasteiger partial charge is 0.484 e. The lowest BCUT2D eigenvalue weighted by atomic mass is 10.1. The van der Waals surface area contributed by atoms with Crippen LogP contribution in [0.15, 0.2) is 48.8 Å². The van der Waals surface area contributed by atoms with E-state index in [1.807, 2.05) is 48.2 Å². The number of amides is 1. The molecule has 0 N–H and O–H groups in total. The number of carbonyl (C=O) groups excluding carboxylic acids is 1. The van der Waals surface area contributed by atoms with Crippen LogP contribution in [0.2, 0.25) is 0 Å². The van der Waals surface area contributed by atoms with Crippen LogP contribution in [-0.4, -0.2) is 28.4 Å². The molecular weight excluding hydrogens is 288 g/mol. The van der Waals surface area contributed by atoms with Gasteiger partial charge in [-0.2, -0.15) is 0 Å². The second-order valence-corrected chi connectivity index (χ2v) is 5.69.